The van der Waals surface area contributed by atoms with Gasteiger partial charge >= 0.3 is 5.97 Å². The zero-order valence-electron chi connectivity index (χ0n) is 17.4. The van der Waals surface area contributed by atoms with Crippen LogP contribution in [0.3, 0.4) is 0 Å². The van der Waals surface area contributed by atoms with Gasteiger partial charge in [0.2, 0.25) is 0 Å². The van der Waals surface area contributed by atoms with Gasteiger partial charge in [0.1, 0.15) is 0 Å². The molecule has 31 heavy (non-hydrogen) atoms. The molecule has 3 rings (SSSR count). The van der Waals surface area contributed by atoms with Crippen molar-refractivity contribution in [2.45, 2.75) is 18.4 Å². The van der Waals surface area contributed by atoms with Gasteiger partial charge in [0.25, 0.3) is 10.0 Å². The Morgan fingerprint density at radius 2 is 1.52 bits per heavy atom. The normalized spacial score (nSPS) is 11.1. The summed E-state index contributed by atoms with van der Waals surface area (Å²) in [5, 5.41) is 9.16. The summed E-state index contributed by atoms with van der Waals surface area (Å²) in [5.74, 6) is -0.0710. The third kappa shape index (κ3) is 4.80. The Balaban J connectivity index is 2.08. The van der Waals surface area contributed by atoms with Crippen molar-refractivity contribution in [3.63, 3.8) is 0 Å². The molecule has 0 atom stereocenters. The van der Waals surface area contributed by atoms with E-state index in [0.29, 0.717) is 22.7 Å². The summed E-state index contributed by atoms with van der Waals surface area (Å²) >= 11 is 0. The zero-order valence-corrected chi connectivity index (χ0v) is 18.2. The van der Waals surface area contributed by atoms with Gasteiger partial charge in [0.05, 0.1) is 36.9 Å². The molecule has 3 aromatic carbocycles. The highest BCUT2D eigenvalue weighted by Crippen LogP contribution is 2.31. The quantitative estimate of drug-likeness (QED) is 0.566. The molecule has 0 aliphatic rings. The number of carboxylic acids is 1. The number of hydrogen-bond donors (Lipinski definition) is 1. The van der Waals surface area contributed by atoms with Crippen molar-refractivity contribution in [1.29, 1.82) is 0 Å². The number of benzene rings is 3. The first-order valence-corrected chi connectivity index (χ1v) is 10.8. The van der Waals surface area contributed by atoms with E-state index in [-0.39, 0.29) is 17.0 Å². The van der Waals surface area contributed by atoms with Crippen LogP contribution in [-0.2, 0) is 16.6 Å². The van der Waals surface area contributed by atoms with Gasteiger partial charge in [-0.3, -0.25) is 4.31 Å². The summed E-state index contributed by atoms with van der Waals surface area (Å²) in [6.07, 6.45) is 0. The third-order valence-corrected chi connectivity index (χ3v) is 6.57. The minimum absolute atomic E-state index is 0.0168. The molecular weight excluding hydrogens is 418 g/mol. The van der Waals surface area contributed by atoms with Crippen LogP contribution >= 0.6 is 0 Å². The smallest absolute Gasteiger partial charge is 0.335 e. The van der Waals surface area contributed by atoms with Crippen LogP contribution in [0.1, 0.15) is 21.5 Å². The maximum atomic E-state index is 13.5. The Hall–Kier alpha value is -3.52. The Morgan fingerprint density at radius 3 is 2.06 bits per heavy atom. The minimum atomic E-state index is -3.92. The predicted molar refractivity (Wildman–Crippen MR) is 117 cm³/mol. The Labute approximate surface area is 181 Å². The molecule has 0 aromatic heterocycles. The van der Waals surface area contributed by atoms with E-state index >= 15 is 0 Å². The van der Waals surface area contributed by atoms with E-state index in [1.165, 1.54) is 42.8 Å². The molecule has 0 spiro atoms. The summed E-state index contributed by atoms with van der Waals surface area (Å²) in [6, 6.07) is 17.5. The number of carboxylic acid groups (broad SMARTS) is 1. The lowest BCUT2D eigenvalue weighted by molar-refractivity contribution is 0.0697. The summed E-state index contributed by atoms with van der Waals surface area (Å²) in [7, 11) is -0.893. The predicted octanol–water partition coefficient (Wildman–Crippen LogP) is 4.11. The Morgan fingerprint density at radius 1 is 0.903 bits per heavy atom. The van der Waals surface area contributed by atoms with Crippen LogP contribution in [0.15, 0.2) is 71.6 Å². The molecule has 0 fully saturated rings. The molecule has 0 saturated heterocycles. The molecule has 1 N–H and O–H groups in total. The Kier molecular flexibility index (Phi) is 6.50. The maximum absolute atomic E-state index is 13.5. The number of ether oxygens (including phenoxy) is 2. The molecule has 0 heterocycles. The number of aryl methyl sites for hydroxylation is 1. The van der Waals surface area contributed by atoms with Crippen molar-refractivity contribution in [1.82, 2.24) is 0 Å². The van der Waals surface area contributed by atoms with E-state index in [1.807, 2.05) is 6.92 Å². The third-order valence-electron chi connectivity index (χ3n) is 4.79. The summed E-state index contributed by atoms with van der Waals surface area (Å²) < 4.78 is 38.8. The van der Waals surface area contributed by atoms with E-state index < -0.39 is 16.0 Å². The molecule has 162 valence electrons. The first kappa shape index (κ1) is 22.2. The fraction of sp³-hybridized carbons (Fsp3) is 0.174. The van der Waals surface area contributed by atoms with E-state index in [1.54, 1.807) is 42.5 Å². The molecule has 3 aromatic rings. The fourth-order valence-corrected chi connectivity index (χ4v) is 4.52. The number of carbonyl (C=O) groups is 1. The van der Waals surface area contributed by atoms with Crippen LogP contribution in [0, 0.1) is 6.92 Å². The monoisotopic (exact) mass is 441 g/mol. The maximum Gasteiger partial charge on any atom is 0.335 e. The van der Waals surface area contributed by atoms with Gasteiger partial charge in [-0.15, -0.1) is 0 Å². The average molecular weight is 442 g/mol. The lowest BCUT2D eigenvalue weighted by Gasteiger charge is -2.25. The molecule has 8 heteroatoms. The van der Waals surface area contributed by atoms with Gasteiger partial charge in [-0.1, -0.05) is 23.8 Å². The van der Waals surface area contributed by atoms with Crippen molar-refractivity contribution >= 4 is 21.7 Å². The second kappa shape index (κ2) is 9.09. The largest absolute Gasteiger partial charge is 0.493 e. The second-order valence-corrected chi connectivity index (χ2v) is 8.73. The van der Waals surface area contributed by atoms with Crippen LogP contribution in [0.5, 0.6) is 11.5 Å². The van der Waals surface area contributed by atoms with Gasteiger partial charge in [0, 0.05) is 0 Å². The number of anilines is 1. The van der Waals surface area contributed by atoms with Gasteiger partial charge in [-0.25, -0.2) is 13.2 Å². The molecule has 0 unspecified atom stereocenters. The van der Waals surface area contributed by atoms with Crippen LogP contribution in [0.2, 0.25) is 0 Å². The average Bonchev–Trinajstić information content (AvgIpc) is 2.77. The lowest BCUT2D eigenvalue weighted by Crippen LogP contribution is -2.30. The van der Waals surface area contributed by atoms with Crippen LogP contribution in [-0.4, -0.2) is 33.7 Å². The SMILES string of the molecule is COc1ccc(CN(c2ccc(C(=O)O)cc2)S(=O)(=O)c2ccc(C)cc2)cc1OC. The minimum Gasteiger partial charge on any atom is -0.493 e. The molecular formula is C23H23NO6S. The number of hydrogen-bond acceptors (Lipinski definition) is 5. The molecule has 0 bridgehead atoms. The number of nitrogens with zero attached hydrogens (tertiary/aromatic N) is 1. The highest BCUT2D eigenvalue weighted by Gasteiger charge is 2.26. The zero-order chi connectivity index (χ0) is 22.6. The van der Waals surface area contributed by atoms with E-state index in [0.717, 1.165) is 5.56 Å². The summed E-state index contributed by atoms with van der Waals surface area (Å²) in [6.45, 7) is 1.89. The summed E-state index contributed by atoms with van der Waals surface area (Å²) in [4.78, 5) is 11.3. The number of sulfonamides is 1. The topological polar surface area (TPSA) is 93.1 Å². The summed E-state index contributed by atoms with van der Waals surface area (Å²) in [5.41, 5.74) is 2.04. The lowest BCUT2D eigenvalue weighted by atomic mass is 10.1. The standard InChI is InChI=1S/C23H23NO6S/c1-16-4-11-20(12-5-16)31(27,28)24(19-9-7-18(8-10-19)23(25)26)15-17-6-13-21(29-2)22(14-17)30-3/h4-14H,15H2,1-3H3,(H,25,26). The van der Waals surface area contributed by atoms with Gasteiger partial charge in [-0.2, -0.15) is 0 Å². The van der Waals surface area contributed by atoms with Crippen molar-refractivity contribution in [2.24, 2.45) is 0 Å². The molecule has 0 amide bonds. The molecule has 0 aliphatic carbocycles. The van der Waals surface area contributed by atoms with Crippen molar-refractivity contribution in [2.75, 3.05) is 18.5 Å². The first-order valence-electron chi connectivity index (χ1n) is 9.40. The number of methoxy groups -OCH3 is 2. The molecule has 0 radical (unpaired) electrons. The van der Waals surface area contributed by atoms with E-state index in [2.05, 4.69) is 0 Å². The van der Waals surface area contributed by atoms with Crippen LogP contribution in [0.4, 0.5) is 5.69 Å². The van der Waals surface area contributed by atoms with Gasteiger partial charge in [-0.05, 0) is 61.0 Å². The second-order valence-electron chi connectivity index (χ2n) is 6.87. The van der Waals surface area contributed by atoms with Crippen LogP contribution in [0.25, 0.3) is 0 Å². The molecule has 0 saturated carbocycles. The Bertz CT molecular complexity index is 1170. The fourth-order valence-electron chi connectivity index (χ4n) is 3.07. The number of aromatic carboxylic acids is 1. The van der Waals surface area contributed by atoms with Gasteiger partial charge in [0.15, 0.2) is 11.5 Å². The highest BCUT2D eigenvalue weighted by molar-refractivity contribution is 7.92. The highest BCUT2D eigenvalue weighted by atomic mass is 32.2. The van der Waals surface area contributed by atoms with E-state index in [4.69, 9.17) is 14.6 Å². The first-order chi connectivity index (χ1) is 14.8. The van der Waals surface area contributed by atoms with Crippen molar-refractivity contribution in [3.05, 3.63) is 83.4 Å². The van der Waals surface area contributed by atoms with Crippen molar-refractivity contribution in [3.8, 4) is 11.5 Å². The van der Waals surface area contributed by atoms with Crippen LogP contribution < -0.4 is 13.8 Å². The molecule has 0 aliphatic heterocycles. The molecule has 7 nitrogen and oxygen atoms in total. The van der Waals surface area contributed by atoms with Crippen molar-refractivity contribution < 1.29 is 27.8 Å². The van der Waals surface area contributed by atoms with E-state index in [9.17, 15) is 13.2 Å². The number of rotatable bonds is 8. The van der Waals surface area contributed by atoms with Gasteiger partial charge < -0.3 is 14.6 Å².